The largest absolute Gasteiger partial charge is 0.462 e. The number of nitrogens with one attached hydrogen (secondary N) is 2. The lowest BCUT2D eigenvalue weighted by atomic mass is 9.64. The van der Waals surface area contributed by atoms with Crippen LogP contribution in [0.4, 0.5) is 0 Å². The monoisotopic (exact) mass is 1420 g/mol. The number of piperidine rings is 4. The quantitative estimate of drug-likeness (QED) is 0.0324. The van der Waals surface area contributed by atoms with Crippen LogP contribution >= 0.6 is 0 Å². The van der Waals surface area contributed by atoms with E-state index in [9.17, 15) is 39.2 Å². The summed E-state index contributed by atoms with van der Waals surface area (Å²) in [5.41, 5.74) is -1.03. The van der Waals surface area contributed by atoms with E-state index in [1.54, 1.807) is 0 Å². The first-order chi connectivity index (χ1) is 45.5. The molecule has 0 aromatic heterocycles. The van der Waals surface area contributed by atoms with Crippen LogP contribution in [0, 0.1) is 33.0 Å². The highest BCUT2D eigenvalue weighted by molar-refractivity contribution is 5.78. The first-order valence-corrected chi connectivity index (χ1v) is 39.3. The summed E-state index contributed by atoms with van der Waals surface area (Å²) in [6.45, 7) is 53.5. The van der Waals surface area contributed by atoms with Crippen LogP contribution in [-0.4, -0.2) is 138 Å². The third kappa shape index (κ3) is 32.1. The molecule has 2 unspecified atom stereocenters. The molecule has 4 N–H and O–H groups in total. The molecule has 0 radical (unpaired) electrons. The molecule has 100 heavy (non-hydrogen) atoms. The molecule has 18 heteroatoms. The van der Waals surface area contributed by atoms with E-state index < -0.39 is 34.0 Å². The molecule has 0 aromatic carbocycles. The number of carbonyl (C=O) groups is 6. The normalized spacial score (nSPS) is 25.4. The molecule has 6 aliphatic rings. The van der Waals surface area contributed by atoms with Crippen molar-refractivity contribution in [3.8, 4) is 0 Å². The molecule has 0 amide bonds. The molecule has 4 saturated heterocycles. The second kappa shape index (κ2) is 36.2. The second-order valence-electron chi connectivity index (χ2n) is 40.4. The van der Waals surface area contributed by atoms with Crippen molar-refractivity contribution in [2.45, 2.75) is 448 Å². The molecule has 0 spiro atoms. The zero-order valence-corrected chi connectivity index (χ0v) is 68.4. The fourth-order valence-corrected chi connectivity index (χ4v) is 18.9. The van der Waals surface area contributed by atoms with Crippen molar-refractivity contribution in [1.29, 1.82) is 0 Å². The Morgan fingerprint density at radius 2 is 0.650 bits per heavy atom. The number of rotatable bonds is 28. The number of ether oxygens (including phenoxy) is 6. The smallest absolute Gasteiger partial charge is 0.309 e. The number of hydrogen-bond acceptors (Lipinski definition) is 18. The lowest BCUT2D eigenvalue weighted by Gasteiger charge is -2.50. The van der Waals surface area contributed by atoms with Gasteiger partial charge in [-0.2, -0.15) is 10.1 Å². The van der Waals surface area contributed by atoms with Gasteiger partial charge in [0.25, 0.3) is 0 Å². The van der Waals surface area contributed by atoms with Crippen LogP contribution < -0.4 is 10.6 Å². The number of carbonyl (C=O) groups excluding carboxylic acids is 6. The van der Waals surface area contributed by atoms with Gasteiger partial charge in [-0.25, -0.2) is 0 Å². The maximum atomic E-state index is 12.9. The van der Waals surface area contributed by atoms with E-state index in [0.29, 0.717) is 45.1 Å². The van der Waals surface area contributed by atoms with Crippen LogP contribution in [0.1, 0.15) is 372 Å². The average molecular weight is 1420 g/mol. The summed E-state index contributed by atoms with van der Waals surface area (Å²) in [6, 6.07) is 0. The van der Waals surface area contributed by atoms with E-state index in [2.05, 4.69) is 128 Å². The van der Waals surface area contributed by atoms with Gasteiger partial charge >= 0.3 is 35.8 Å². The van der Waals surface area contributed by atoms with Gasteiger partial charge in [0.15, 0.2) is 0 Å². The van der Waals surface area contributed by atoms with E-state index in [-0.39, 0.29) is 123 Å². The Kier molecular flexibility index (Phi) is 32.3. The first kappa shape index (κ1) is 89.0. The number of hydroxylamine groups is 4. The summed E-state index contributed by atoms with van der Waals surface area (Å²) in [5.74, 6) is -1.01. The van der Waals surface area contributed by atoms with E-state index in [4.69, 9.17) is 28.4 Å². The van der Waals surface area contributed by atoms with E-state index in [1.165, 1.54) is 23.0 Å². The molecule has 6 fully saturated rings. The molecule has 18 nitrogen and oxygen atoms in total. The van der Waals surface area contributed by atoms with Crippen LogP contribution in [0.5, 0.6) is 0 Å². The number of unbranched alkanes of at least 4 members (excludes halogenated alkanes) is 9. The van der Waals surface area contributed by atoms with Crippen molar-refractivity contribution < 1.29 is 67.6 Å². The van der Waals surface area contributed by atoms with Crippen LogP contribution in [0.25, 0.3) is 0 Å². The summed E-state index contributed by atoms with van der Waals surface area (Å²) in [4.78, 5) is 74.6. The topological polar surface area (TPSA) is 229 Å². The Bertz CT molecular complexity index is 2480. The molecule has 0 bridgehead atoms. The lowest BCUT2D eigenvalue weighted by Crippen LogP contribution is -2.60. The molecule has 4 heterocycles. The van der Waals surface area contributed by atoms with Crippen molar-refractivity contribution in [2.75, 3.05) is 6.54 Å². The molecular formula is C82H150N4O14. The molecule has 582 valence electrons. The molecule has 4 aliphatic heterocycles. The van der Waals surface area contributed by atoms with Crippen molar-refractivity contribution in [3.05, 3.63) is 0 Å². The van der Waals surface area contributed by atoms with Gasteiger partial charge in [-0.15, -0.1) is 0 Å². The first-order valence-electron chi connectivity index (χ1n) is 39.3. The maximum absolute atomic E-state index is 12.9. The third-order valence-corrected chi connectivity index (χ3v) is 21.8. The van der Waals surface area contributed by atoms with Gasteiger partial charge in [-0.1, -0.05) is 128 Å². The lowest BCUT2D eigenvalue weighted by molar-refractivity contribution is -0.259. The van der Waals surface area contributed by atoms with Crippen LogP contribution in [0.3, 0.4) is 0 Å². The highest BCUT2D eigenvalue weighted by Gasteiger charge is 2.49. The van der Waals surface area contributed by atoms with Crippen molar-refractivity contribution in [1.82, 2.24) is 20.8 Å². The Balaban J connectivity index is 0.000000320. The van der Waals surface area contributed by atoms with Crippen LogP contribution in [0.15, 0.2) is 0 Å². The Labute approximate surface area is 608 Å². The summed E-state index contributed by atoms with van der Waals surface area (Å²) in [6.07, 6.45) is 25.1. The summed E-state index contributed by atoms with van der Waals surface area (Å²) in [5, 5.41) is 30.4. The third-order valence-electron chi connectivity index (χ3n) is 21.8. The van der Waals surface area contributed by atoms with Gasteiger partial charge < -0.3 is 49.5 Å². The van der Waals surface area contributed by atoms with Crippen LogP contribution in [0.2, 0.25) is 0 Å². The second-order valence-corrected chi connectivity index (χ2v) is 40.4. The van der Waals surface area contributed by atoms with Gasteiger partial charge in [-0.05, 0) is 189 Å². The maximum Gasteiger partial charge on any atom is 0.309 e. The Morgan fingerprint density at radius 1 is 0.360 bits per heavy atom. The summed E-state index contributed by atoms with van der Waals surface area (Å²) < 4.78 is 34.8. The number of esters is 6. The van der Waals surface area contributed by atoms with E-state index in [0.717, 1.165) is 135 Å². The minimum absolute atomic E-state index is 0.000220. The molecule has 0 aromatic rings. The molecular weight excluding hydrogens is 1260 g/mol. The highest BCUT2D eigenvalue weighted by atomic mass is 16.6. The van der Waals surface area contributed by atoms with Crippen molar-refractivity contribution in [2.24, 2.45) is 33.0 Å². The Hall–Kier alpha value is -3.42. The fourth-order valence-electron chi connectivity index (χ4n) is 18.9. The number of nitrogens with zero attached hydrogens (tertiary/aromatic N) is 2. The molecule has 2 aliphatic carbocycles. The summed E-state index contributed by atoms with van der Waals surface area (Å²) >= 11 is 0. The van der Waals surface area contributed by atoms with Crippen LogP contribution in [-0.2, 0) is 57.2 Å². The zero-order valence-electron chi connectivity index (χ0n) is 68.4. The van der Waals surface area contributed by atoms with Gasteiger partial charge in [0, 0.05) is 115 Å². The van der Waals surface area contributed by atoms with Gasteiger partial charge in [0.05, 0.1) is 18.8 Å². The SMILES string of the molecule is CC1(C)CC(OC(=O)CCCCCCCCC(=O)OC2CC(C)(C)NC(C)(C)C2)CC(C)(C)C1.CC1(C)CN(O)C(C)(C)CC1OC(=O)CCC(=O)OC1CC(C)(C)N(O)C(C)(C)C1.CCC(CCCCCCCC(=O)OC1CC(C)(C)NC(C)(C)C1)C(=O)OC1CC(C)(C)CC(C)(C)C1. The van der Waals surface area contributed by atoms with Gasteiger partial charge in [0.2, 0.25) is 0 Å². The number of hydrogen-bond donors (Lipinski definition) is 4. The Morgan fingerprint density at radius 3 is 1.00 bits per heavy atom. The average Bonchev–Trinajstić information content (AvgIpc) is 0.785. The molecule has 2 atom stereocenters. The molecule has 6 rings (SSSR count). The standard InChI is InChI=1S/C31H57NO4.C29H53NO4.C22H40N2O6/c1-10-23(27(34)36-24-18-28(2,3)22-29(4,5)19-24)16-14-12-11-13-15-17-26(33)35-25-20-30(6,7)32-31(8,9)21-25;1-26(2)17-22(18-27(3,4)21-26)33-24(31)15-13-11-9-10-12-14-16-25(32)34-23-19-28(5,6)30-29(7,8)20-23;1-19(2)14-23(27)20(3,4)13-16(19)30-18(26)10-9-17(25)29-15-11-21(5,6)24(28)22(7,8)12-15/h23-25,32H,10-22H2,1-9H3;22-23,30H,9-21H2,1-8H3;15-16,27-28H,9-14H2,1-8H3. The minimum Gasteiger partial charge on any atom is -0.462 e. The minimum atomic E-state index is -0.508. The predicted molar refractivity (Wildman–Crippen MR) is 397 cm³/mol. The predicted octanol–water partition coefficient (Wildman–Crippen LogP) is 18.4. The van der Waals surface area contributed by atoms with E-state index in [1.807, 2.05) is 55.4 Å². The van der Waals surface area contributed by atoms with Crippen molar-refractivity contribution >= 4 is 35.8 Å². The zero-order chi connectivity index (χ0) is 75.9. The van der Waals surface area contributed by atoms with Gasteiger partial charge in [0.1, 0.15) is 36.6 Å². The molecule has 2 saturated carbocycles. The highest BCUT2D eigenvalue weighted by Crippen LogP contribution is 2.49. The van der Waals surface area contributed by atoms with E-state index >= 15 is 0 Å². The van der Waals surface area contributed by atoms with Gasteiger partial charge in [-0.3, -0.25) is 28.8 Å². The fraction of sp³-hybridized carbons (Fsp3) is 0.927. The summed E-state index contributed by atoms with van der Waals surface area (Å²) in [7, 11) is 0. The van der Waals surface area contributed by atoms with Crippen molar-refractivity contribution in [3.63, 3.8) is 0 Å².